The van der Waals surface area contributed by atoms with Crippen LogP contribution in [0.5, 0.6) is 11.5 Å². The Kier molecular flexibility index (Phi) is 7.33. The van der Waals surface area contributed by atoms with Crippen molar-refractivity contribution in [1.82, 2.24) is 10.3 Å². The number of aromatic nitrogens is 1. The fourth-order valence-corrected chi connectivity index (χ4v) is 3.51. The molecule has 2 heterocycles. The zero-order valence-corrected chi connectivity index (χ0v) is 18.1. The van der Waals surface area contributed by atoms with Crippen molar-refractivity contribution in [3.8, 4) is 22.6 Å². The van der Waals surface area contributed by atoms with Gasteiger partial charge in [0.25, 0.3) is 5.69 Å². The second kappa shape index (κ2) is 10.8. The number of morpholine rings is 1. The summed E-state index contributed by atoms with van der Waals surface area (Å²) in [5, 5.41) is 14.3. The highest BCUT2D eigenvalue weighted by molar-refractivity contribution is 5.67. The van der Waals surface area contributed by atoms with E-state index in [4.69, 9.17) is 19.9 Å². The molecule has 3 N–H and O–H groups in total. The van der Waals surface area contributed by atoms with E-state index in [9.17, 15) is 10.1 Å². The fourth-order valence-electron chi connectivity index (χ4n) is 3.51. The Hall–Kier alpha value is -3.69. The lowest BCUT2D eigenvalue weighted by Gasteiger charge is -2.23. The van der Waals surface area contributed by atoms with Gasteiger partial charge in [0.2, 0.25) is 0 Å². The van der Waals surface area contributed by atoms with Gasteiger partial charge in [0.15, 0.2) is 11.6 Å². The van der Waals surface area contributed by atoms with E-state index in [0.29, 0.717) is 17.9 Å². The monoisotopic (exact) mass is 450 g/mol. The van der Waals surface area contributed by atoms with E-state index in [-0.39, 0.29) is 24.2 Å². The van der Waals surface area contributed by atoms with E-state index in [2.05, 4.69) is 10.3 Å². The summed E-state index contributed by atoms with van der Waals surface area (Å²) in [4.78, 5) is 14.8. The van der Waals surface area contributed by atoms with Gasteiger partial charge in [0.05, 0.1) is 24.2 Å². The molecular formula is C24H26N4O5. The van der Waals surface area contributed by atoms with E-state index < -0.39 is 4.92 Å². The maximum Gasteiger partial charge on any atom is 0.269 e. The number of nitrogens with one attached hydrogen (secondary N) is 1. The molecule has 9 nitrogen and oxygen atoms in total. The minimum atomic E-state index is -0.436. The molecule has 0 radical (unpaired) electrons. The minimum Gasteiger partial charge on any atom is -0.493 e. The Morgan fingerprint density at radius 1 is 1.15 bits per heavy atom. The molecular weight excluding hydrogens is 424 g/mol. The standard InChI is InChI=1S/C24H26N4O5/c25-24-23(33-16-17-2-1-3-20(12-17)28(29)30)13-19(14-27-24)18-4-6-21(7-5-18)31-10-8-22-15-26-9-11-32-22/h1-7,12-14,22,26H,8-11,15-16H2,(H2,25,27). The number of nitrogens with two attached hydrogens (primary N) is 1. The van der Waals surface area contributed by atoms with Gasteiger partial charge in [0, 0.05) is 43.4 Å². The number of hydrogen-bond acceptors (Lipinski definition) is 8. The van der Waals surface area contributed by atoms with Gasteiger partial charge in [-0.1, -0.05) is 24.3 Å². The second-order valence-electron chi connectivity index (χ2n) is 7.68. The first-order valence-corrected chi connectivity index (χ1v) is 10.8. The van der Waals surface area contributed by atoms with Gasteiger partial charge >= 0.3 is 0 Å². The second-order valence-corrected chi connectivity index (χ2v) is 7.68. The third kappa shape index (κ3) is 6.18. The van der Waals surface area contributed by atoms with Crippen molar-refractivity contribution in [3.63, 3.8) is 0 Å². The molecule has 4 rings (SSSR count). The molecule has 2 aromatic carbocycles. The predicted molar refractivity (Wildman–Crippen MR) is 124 cm³/mol. The summed E-state index contributed by atoms with van der Waals surface area (Å²) in [6, 6.07) is 15.8. The number of hydrogen-bond donors (Lipinski definition) is 2. The van der Waals surface area contributed by atoms with Crippen molar-refractivity contribution in [2.24, 2.45) is 0 Å². The van der Waals surface area contributed by atoms with Gasteiger partial charge in [-0.3, -0.25) is 10.1 Å². The smallest absolute Gasteiger partial charge is 0.269 e. The van der Waals surface area contributed by atoms with Gasteiger partial charge < -0.3 is 25.3 Å². The van der Waals surface area contributed by atoms with Crippen LogP contribution in [-0.4, -0.2) is 42.3 Å². The molecule has 0 amide bonds. The van der Waals surface area contributed by atoms with Crippen LogP contribution in [0.25, 0.3) is 11.1 Å². The van der Waals surface area contributed by atoms with E-state index in [0.717, 1.165) is 43.0 Å². The molecule has 1 unspecified atom stereocenters. The van der Waals surface area contributed by atoms with Gasteiger partial charge in [0.1, 0.15) is 12.4 Å². The number of ether oxygens (including phenoxy) is 3. The lowest BCUT2D eigenvalue weighted by Crippen LogP contribution is -2.39. The van der Waals surface area contributed by atoms with Crippen molar-refractivity contribution in [1.29, 1.82) is 0 Å². The summed E-state index contributed by atoms with van der Waals surface area (Å²) in [7, 11) is 0. The summed E-state index contributed by atoms with van der Waals surface area (Å²) in [5.41, 5.74) is 8.44. The molecule has 1 atom stereocenters. The minimum absolute atomic E-state index is 0.0150. The summed E-state index contributed by atoms with van der Waals surface area (Å²) < 4.78 is 17.3. The third-order valence-corrected chi connectivity index (χ3v) is 5.30. The topological polar surface area (TPSA) is 122 Å². The van der Waals surface area contributed by atoms with Crippen molar-refractivity contribution < 1.29 is 19.1 Å². The molecule has 172 valence electrons. The molecule has 1 aliphatic heterocycles. The first-order chi connectivity index (χ1) is 16.1. The zero-order valence-electron chi connectivity index (χ0n) is 18.1. The highest BCUT2D eigenvalue weighted by Gasteiger charge is 2.13. The number of pyridine rings is 1. The fraction of sp³-hybridized carbons (Fsp3) is 0.292. The highest BCUT2D eigenvalue weighted by Crippen LogP contribution is 2.29. The summed E-state index contributed by atoms with van der Waals surface area (Å²) in [5.74, 6) is 1.46. The first-order valence-electron chi connectivity index (χ1n) is 10.8. The van der Waals surface area contributed by atoms with Gasteiger partial charge in [-0.15, -0.1) is 0 Å². The largest absolute Gasteiger partial charge is 0.493 e. The molecule has 9 heteroatoms. The highest BCUT2D eigenvalue weighted by atomic mass is 16.6. The quantitative estimate of drug-likeness (QED) is 0.375. The molecule has 33 heavy (non-hydrogen) atoms. The molecule has 1 aromatic heterocycles. The number of nitrogen functional groups attached to an aromatic ring is 1. The van der Waals surface area contributed by atoms with Crippen molar-refractivity contribution in [2.75, 3.05) is 32.0 Å². The number of anilines is 1. The number of nitrogens with zero attached hydrogens (tertiary/aromatic N) is 2. The van der Waals surface area contributed by atoms with Crippen molar-refractivity contribution in [2.45, 2.75) is 19.1 Å². The van der Waals surface area contributed by atoms with Crippen LogP contribution >= 0.6 is 0 Å². The van der Waals surface area contributed by atoms with Crippen LogP contribution in [0.1, 0.15) is 12.0 Å². The van der Waals surface area contributed by atoms with E-state index in [1.807, 2.05) is 30.3 Å². The number of nitro groups is 1. The molecule has 3 aromatic rings. The zero-order chi connectivity index (χ0) is 23.0. The molecule has 1 fully saturated rings. The van der Waals surface area contributed by atoms with Crippen molar-refractivity contribution >= 4 is 11.5 Å². The third-order valence-electron chi connectivity index (χ3n) is 5.30. The number of non-ortho nitro benzene ring substituents is 1. The Morgan fingerprint density at radius 2 is 2.00 bits per heavy atom. The first kappa shape index (κ1) is 22.5. The summed E-state index contributed by atoms with van der Waals surface area (Å²) in [6.07, 6.45) is 2.71. The summed E-state index contributed by atoms with van der Waals surface area (Å²) in [6.45, 7) is 3.24. The lowest BCUT2D eigenvalue weighted by molar-refractivity contribution is -0.384. The normalized spacial score (nSPS) is 15.7. The Morgan fingerprint density at radius 3 is 2.76 bits per heavy atom. The number of rotatable bonds is 9. The van der Waals surface area contributed by atoms with Gasteiger partial charge in [-0.25, -0.2) is 4.98 Å². The maximum absolute atomic E-state index is 11.0. The lowest BCUT2D eigenvalue weighted by atomic mass is 10.1. The Balaban J connectivity index is 1.36. The molecule has 0 bridgehead atoms. The molecule has 0 saturated carbocycles. The van der Waals surface area contributed by atoms with Crippen LogP contribution in [0, 0.1) is 10.1 Å². The molecule has 1 aliphatic rings. The van der Waals surface area contributed by atoms with Crippen LogP contribution in [-0.2, 0) is 11.3 Å². The predicted octanol–water partition coefficient (Wildman–Crippen LogP) is 3.58. The summed E-state index contributed by atoms with van der Waals surface area (Å²) >= 11 is 0. The van der Waals surface area contributed by atoms with Gasteiger partial charge in [-0.05, 0) is 29.3 Å². The molecule has 1 saturated heterocycles. The van der Waals surface area contributed by atoms with Crippen LogP contribution in [0.2, 0.25) is 0 Å². The Bertz CT molecular complexity index is 1080. The number of benzene rings is 2. The molecule has 0 aliphatic carbocycles. The Labute approximate surface area is 191 Å². The average Bonchev–Trinajstić information content (AvgIpc) is 2.85. The van der Waals surface area contributed by atoms with Crippen LogP contribution in [0.15, 0.2) is 60.8 Å². The SMILES string of the molecule is Nc1ncc(-c2ccc(OCCC3CNCCO3)cc2)cc1OCc1cccc([N+](=O)[O-])c1. The molecule has 0 spiro atoms. The van der Waals surface area contributed by atoms with Crippen LogP contribution < -0.4 is 20.5 Å². The van der Waals surface area contributed by atoms with Crippen molar-refractivity contribution in [3.05, 3.63) is 76.5 Å². The van der Waals surface area contributed by atoms with Crippen LogP contribution in [0.3, 0.4) is 0 Å². The number of nitro benzene ring substituents is 1. The maximum atomic E-state index is 11.0. The van der Waals surface area contributed by atoms with E-state index >= 15 is 0 Å². The van der Waals surface area contributed by atoms with Crippen LogP contribution in [0.4, 0.5) is 11.5 Å². The van der Waals surface area contributed by atoms with Gasteiger partial charge in [-0.2, -0.15) is 0 Å². The average molecular weight is 450 g/mol. The van der Waals surface area contributed by atoms with E-state index in [1.165, 1.54) is 12.1 Å². The van der Waals surface area contributed by atoms with E-state index in [1.54, 1.807) is 18.3 Å².